The number of hydrogen-bond donors (Lipinski definition) is 1. The van der Waals surface area contributed by atoms with E-state index in [9.17, 15) is 17.5 Å². The van der Waals surface area contributed by atoms with E-state index in [1.54, 1.807) is 0 Å². The second-order valence-corrected chi connectivity index (χ2v) is 2.05. The third-order valence-electron chi connectivity index (χ3n) is 0.349. The summed E-state index contributed by atoms with van der Waals surface area (Å²) in [6, 6.07) is 0. The zero-order chi connectivity index (χ0) is 8.91. The lowest BCUT2D eigenvalue weighted by molar-refractivity contribution is -0.221. The van der Waals surface area contributed by atoms with Gasteiger partial charge in [-0.25, -0.2) is 4.81 Å². The van der Waals surface area contributed by atoms with Gasteiger partial charge in [0.1, 0.15) is 0 Å². The molecule has 0 fully saturated rings. The molecule has 0 rings (SSSR count). The molecule has 0 aliphatic heterocycles. The molecule has 11 heteroatoms. The summed E-state index contributed by atoms with van der Waals surface area (Å²) in [7, 11) is -7.58. The highest BCUT2D eigenvalue weighted by Crippen LogP contribution is 1.97. The molecule has 0 aliphatic rings. The minimum absolute atomic E-state index is 2.47. The lowest BCUT2D eigenvalue weighted by Crippen LogP contribution is -2.22. The molecular weight excluding hydrogens is 193 g/mol. The molecule has 0 aromatic heterocycles. The monoisotopic (exact) mass is 194 g/mol. The van der Waals surface area contributed by atoms with Gasteiger partial charge >= 0.3 is 17.7 Å². The van der Waals surface area contributed by atoms with Crippen LogP contribution >= 0.6 is 0 Å². The molecule has 0 radical (unpaired) electrons. The van der Waals surface area contributed by atoms with E-state index in [4.69, 9.17) is 4.55 Å². The molecule has 0 atom stereocenters. The lowest BCUT2D eigenvalue weighted by Gasteiger charge is -1.98. The second kappa shape index (κ2) is 4.53. The topological polar surface area (TPSA) is 91.3 Å². The van der Waals surface area contributed by atoms with Crippen LogP contribution < -0.4 is 0 Å². The van der Waals surface area contributed by atoms with Crippen molar-refractivity contribution in [1.29, 1.82) is 0 Å². The molecule has 7 nitrogen and oxygen atoms in total. The van der Waals surface area contributed by atoms with Gasteiger partial charge in [-0.3, -0.25) is 4.55 Å². The average molecular weight is 194 g/mol. The molecular formula is HBF2O7S. The fourth-order valence-corrected chi connectivity index (χ4v) is 0.289. The molecule has 0 amide bonds. The summed E-state index contributed by atoms with van der Waals surface area (Å²) in [5, 5.41) is 0. The Morgan fingerprint density at radius 2 is 1.73 bits per heavy atom. The minimum Gasteiger partial charge on any atom is -0.262 e. The van der Waals surface area contributed by atoms with Crippen molar-refractivity contribution in [1.82, 2.24) is 0 Å². The van der Waals surface area contributed by atoms with Crippen molar-refractivity contribution >= 4 is 17.7 Å². The smallest absolute Gasteiger partial charge is 0.262 e. The largest absolute Gasteiger partial charge is 0.734 e. The van der Waals surface area contributed by atoms with Crippen LogP contribution in [-0.2, 0) is 29.3 Å². The van der Waals surface area contributed by atoms with Gasteiger partial charge in [0, 0.05) is 0 Å². The van der Waals surface area contributed by atoms with E-state index in [2.05, 4.69) is 18.9 Å². The summed E-state index contributed by atoms with van der Waals surface area (Å²) in [6.45, 7) is 0. The van der Waals surface area contributed by atoms with Gasteiger partial charge in [-0.05, 0) is 0 Å². The maximum absolute atomic E-state index is 10.9. The van der Waals surface area contributed by atoms with Crippen molar-refractivity contribution in [3.63, 3.8) is 0 Å². The fourth-order valence-electron chi connectivity index (χ4n) is 0.125. The van der Waals surface area contributed by atoms with Gasteiger partial charge in [-0.15, -0.1) is 0 Å². The van der Waals surface area contributed by atoms with Crippen molar-refractivity contribution in [3.05, 3.63) is 0 Å². The Balaban J connectivity index is 3.69. The number of halogens is 2. The van der Waals surface area contributed by atoms with Crippen LogP contribution in [0.1, 0.15) is 0 Å². The minimum atomic E-state index is -4.95. The molecule has 0 aromatic rings. The predicted molar refractivity (Wildman–Crippen MR) is 23.9 cm³/mol. The van der Waals surface area contributed by atoms with Crippen molar-refractivity contribution < 1.29 is 40.9 Å². The Morgan fingerprint density at radius 3 is 2.00 bits per heavy atom. The summed E-state index contributed by atoms with van der Waals surface area (Å²) in [5.74, 6) is 0. The second-order valence-electron chi connectivity index (χ2n) is 1.06. The van der Waals surface area contributed by atoms with Crippen LogP contribution in [0.15, 0.2) is 0 Å². The summed E-state index contributed by atoms with van der Waals surface area (Å²) < 4.78 is 51.7. The van der Waals surface area contributed by atoms with Crippen LogP contribution in [0.5, 0.6) is 0 Å². The lowest BCUT2D eigenvalue weighted by atomic mass is 10.3. The Morgan fingerprint density at radius 1 is 1.27 bits per heavy atom. The van der Waals surface area contributed by atoms with Crippen molar-refractivity contribution in [3.8, 4) is 0 Å². The number of hydrogen-bond acceptors (Lipinski definition) is 6. The van der Waals surface area contributed by atoms with Gasteiger partial charge in [0.2, 0.25) is 0 Å². The molecule has 0 spiro atoms. The molecule has 0 saturated carbocycles. The van der Waals surface area contributed by atoms with E-state index in [-0.39, 0.29) is 0 Å². The van der Waals surface area contributed by atoms with Gasteiger partial charge in [-0.2, -0.15) is 18.1 Å². The summed E-state index contributed by atoms with van der Waals surface area (Å²) in [4.78, 5) is 8.12. The van der Waals surface area contributed by atoms with Crippen LogP contribution in [0.2, 0.25) is 0 Å². The molecule has 1 N–H and O–H groups in total. The maximum atomic E-state index is 10.9. The first kappa shape index (κ1) is 10.7. The summed E-state index contributed by atoms with van der Waals surface area (Å²) in [5.41, 5.74) is 0. The SMILES string of the molecule is O=S(=O)(O)OOB(OF)OF. The molecule has 66 valence electrons. The zero-order valence-electron chi connectivity index (χ0n) is 4.64. The Kier molecular flexibility index (Phi) is 4.40. The van der Waals surface area contributed by atoms with Gasteiger partial charge in [0.05, 0.1) is 0 Å². The van der Waals surface area contributed by atoms with E-state index in [0.29, 0.717) is 0 Å². The van der Waals surface area contributed by atoms with Crippen LogP contribution in [0.3, 0.4) is 0 Å². The average Bonchev–Trinajstić information content (AvgIpc) is 1.88. The first-order valence-corrected chi connectivity index (χ1v) is 3.23. The molecule has 0 aliphatic carbocycles. The van der Waals surface area contributed by atoms with E-state index >= 15 is 0 Å². The standard InChI is InChI=1S/BF2HO7S/c2-7-1(8-3)9-10-11(4,5)6/h(H,4,5,6). The molecule has 0 aromatic carbocycles. The zero-order valence-corrected chi connectivity index (χ0v) is 5.45. The van der Waals surface area contributed by atoms with Crippen molar-refractivity contribution in [2.45, 2.75) is 0 Å². The van der Waals surface area contributed by atoms with Crippen LogP contribution in [0.25, 0.3) is 0 Å². The van der Waals surface area contributed by atoms with Crippen LogP contribution in [0, 0.1) is 0 Å². The normalized spacial score (nSPS) is 11.5. The quantitative estimate of drug-likeness (QED) is 0.273. The molecule has 0 bridgehead atoms. The van der Waals surface area contributed by atoms with Crippen molar-refractivity contribution in [2.24, 2.45) is 0 Å². The van der Waals surface area contributed by atoms with Gasteiger partial charge < -0.3 is 0 Å². The molecule has 0 saturated heterocycles. The molecule has 0 heterocycles. The van der Waals surface area contributed by atoms with E-state index in [1.165, 1.54) is 0 Å². The number of rotatable bonds is 5. The van der Waals surface area contributed by atoms with E-state index in [0.717, 1.165) is 0 Å². The predicted octanol–water partition coefficient (Wildman–Crippen LogP) is -0.475. The van der Waals surface area contributed by atoms with E-state index < -0.39 is 17.7 Å². The van der Waals surface area contributed by atoms with Crippen LogP contribution in [-0.4, -0.2) is 20.3 Å². The Labute approximate surface area is 59.7 Å². The van der Waals surface area contributed by atoms with Crippen LogP contribution in [0.4, 0.5) is 9.05 Å². The van der Waals surface area contributed by atoms with E-state index in [1.807, 2.05) is 0 Å². The highest BCUT2D eigenvalue weighted by molar-refractivity contribution is 7.80. The van der Waals surface area contributed by atoms with Gasteiger partial charge in [0.25, 0.3) is 0 Å². The Hall–Kier alpha value is -0.325. The fraction of sp³-hybridized carbons (Fsp3) is 0. The first-order valence-electron chi connectivity index (χ1n) is 1.86. The molecule has 11 heavy (non-hydrogen) atoms. The van der Waals surface area contributed by atoms with Crippen molar-refractivity contribution in [2.75, 3.05) is 0 Å². The van der Waals surface area contributed by atoms with Gasteiger partial charge in [-0.1, -0.05) is 13.4 Å². The molecule has 0 unspecified atom stereocenters. The summed E-state index contributed by atoms with van der Waals surface area (Å²) >= 11 is 0. The maximum Gasteiger partial charge on any atom is 0.734 e. The third kappa shape index (κ3) is 6.09. The highest BCUT2D eigenvalue weighted by atomic mass is 32.3. The Bertz CT molecular complexity index is 183. The van der Waals surface area contributed by atoms with Gasteiger partial charge in [0.15, 0.2) is 0 Å². The highest BCUT2D eigenvalue weighted by Gasteiger charge is 2.28. The first-order chi connectivity index (χ1) is 4.99. The summed E-state index contributed by atoms with van der Waals surface area (Å²) in [6.07, 6.45) is 0. The third-order valence-corrected chi connectivity index (χ3v) is 0.600.